The number of methoxy groups -OCH3 is 1. The molecule has 0 aliphatic carbocycles. The van der Waals surface area contributed by atoms with Crippen LogP contribution in [0.25, 0.3) is 5.65 Å². The number of hydrogen-bond acceptors (Lipinski definition) is 4. The van der Waals surface area contributed by atoms with Crippen molar-refractivity contribution >= 4 is 11.6 Å². The van der Waals surface area contributed by atoms with Crippen molar-refractivity contribution < 1.29 is 14.3 Å². The van der Waals surface area contributed by atoms with Crippen molar-refractivity contribution in [1.82, 2.24) is 14.3 Å². The van der Waals surface area contributed by atoms with Crippen LogP contribution in [0.2, 0.25) is 0 Å². The molecule has 6 nitrogen and oxygen atoms in total. The molecule has 128 valence electrons. The number of hydrogen-bond donors (Lipinski definition) is 0. The van der Waals surface area contributed by atoms with E-state index in [1.807, 2.05) is 52.0 Å². The molecule has 3 aromatic rings. The van der Waals surface area contributed by atoms with Crippen LogP contribution in [0.4, 0.5) is 0 Å². The van der Waals surface area contributed by atoms with Crippen LogP contribution in [0.1, 0.15) is 22.3 Å². The summed E-state index contributed by atoms with van der Waals surface area (Å²) in [7, 11) is 1.63. The van der Waals surface area contributed by atoms with Crippen molar-refractivity contribution in [2.24, 2.45) is 0 Å². The molecule has 0 radical (unpaired) electrons. The molecule has 0 saturated heterocycles. The van der Waals surface area contributed by atoms with Gasteiger partial charge in [0.15, 0.2) is 11.5 Å². The summed E-state index contributed by atoms with van der Waals surface area (Å²) in [6.07, 6.45) is 6.16. The molecule has 0 atom stereocenters. The second-order valence-corrected chi connectivity index (χ2v) is 5.99. The highest BCUT2D eigenvalue weighted by molar-refractivity contribution is 5.94. The number of imidazole rings is 1. The lowest BCUT2D eigenvalue weighted by atomic mass is 10.1. The standard InChI is InChI=1S/C19H19N3O3/c1-24-16-5-2-4-14-12-22(9-3-11-25-18(14)16)19(23)15-6-7-17-20-8-10-21(17)13-15/h2,4-8,10,13H,3,9,11-12H2,1H3. The fourth-order valence-electron chi connectivity index (χ4n) is 3.13. The SMILES string of the molecule is COc1cccc2c1OCCCN(C(=O)c1ccc3nccn3c1)C2. The summed E-state index contributed by atoms with van der Waals surface area (Å²) >= 11 is 0. The van der Waals surface area contributed by atoms with Gasteiger partial charge in [-0.3, -0.25) is 4.79 Å². The molecule has 25 heavy (non-hydrogen) atoms. The minimum absolute atomic E-state index is 0.00581. The largest absolute Gasteiger partial charge is 0.493 e. The first-order chi connectivity index (χ1) is 12.3. The fraction of sp³-hybridized carbons (Fsp3) is 0.263. The van der Waals surface area contributed by atoms with E-state index < -0.39 is 0 Å². The smallest absolute Gasteiger partial charge is 0.255 e. The average Bonchev–Trinajstić information content (AvgIpc) is 3.09. The van der Waals surface area contributed by atoms with Crippen LogP contribution < -0.4 is 9.47 Å². The van der Waals surface area contributed by atoms with E-state index in [0.29, 0.717) is 31.0 Å². The Morgan fingerprint density at radius 1 is 1.28 bits per heavy atom. The molecule has 4 rings (SSSR count). The number of nitrogens with zero attached hydrogens (tertiary/aromatic N) is 3. The highest BCUT2D eigenvalue weighted by Crippen LogP contribution is 2.33. The molecular weight excluding hydrogens is 318 g/mol. The summed E-state index contributed by atoms with van der Waals surface area (Å²) in [4.78, 5) is 19.1. The van der Waals surface area contributed by atoms with Crippen LogP contribution in [0.3, 0.4) is 0 Å². The lowest BCUT2D eigenvalue weighted by Crippen LogP contribution is -2.33. The summed E-state index contributed by atoms with van der Waals surface area (Å²) in [6.45, 7) is 1.70. The van der Waals surface area contributed by atoms with Crippen molar-refractivity contribution in [2.45, 2.75) is 13.0 Å². The molecule has 3 heterocycles. The van der Waals surface area contributed by atoms with E-state index in [0.717, 1.165) is 23.4 Å². The van der Waals surface area contributed by atoms with E-state index in [9.17, 15) is 4.79 Å². The zero-order chi connectivity index (χ0) is 17.2. The zero-order valence-electron chi connectivity index (χ0n) is 14.0. The minimum atomic E-state index is 0.00581. The summed E-state index contributed by atoms with van der Waals surface area (Å²) in [5.41, 5.74) is 2.43. The third kappa shape index (κ3) is 2.91. The van der Waals surface area contributed by atoms with Gasteiger partial charge in [0.05, 0.1) is 19.3 Å². The van der Waals surface area contributed by atoms with Gasteiger partial charge < -0.3 is 18.8 Å². The second kappa shape index (κ2) is 6.47. The molecule has 0 saturated carbocycles. The Bertz CT molecular complexity index is 919. The summed E-state index contributed by atoms with van der Waals surface area (Å²) in [6, 6.07) is 9.45. The van der Waals surface area contributed by atoms with Gasteiger partial charge in [0.25, 0.3) is 5.91 Å². The predicted molar refractivity (Wildman–Crippen MR) is 93.0 cm³/mol. The van der Waals surface area contributed by atoms with Crippen LogP contribution in [-0.2, 0) is 6.54 Å². The van der Waals surface area contributed by atoms with Crippen molar-refractivity contribution in [3.8, 4) is 11.5 Å². The number of carbonyl (C=O) groups excluding carboxylic acids is 1. The third-order valence-corrected chi connectivity index (χ3v) is 4.38. The Kier molecular flexibility index (Phi) is 4.01. The Morgan fingerprint density at radius 2 is 2.20 bits per heavy atom. The van der Waals surface area contributed by atoms with Gasteiger partial charge in [0.2, 0.25) is 0 Å². The first-order valence-electron chi connectivity index (χ1n) is 8.27. The van der Waals surface area contributed by atoms with E-state index in [2.05, 4.69) is 4.98 Å². The summed E-state index contributed by atoms with van der Waals surface area (Å²) in [5, 5.41) is 0. The molecule has 1 aliphatic heterocycles. The van der Waals surface area contributed by atoms with Crippen molar-refractivity contribution in [3.05, 3.63) is 60.0 Å². The van der Waals surface area contributed by atoms with Gasteiger partial charge in [-0.05, 0) is 24.6 Å². The summed E-state index contributed by atoms with van der Waals surface area (Å²) < 4.78 is 13.1. The molecule has 0 fully saturated rings. The molecule has 1 amide bonds. The minimum Gasteiger partial charge on any atom is -0.493 e. The zero-order valence-corrected chi connectivity index (χ0v) is 14.0. The lowest BCUT2D eigenvalue weighted by Gasteiger charge is -2.27. The van der Waals surface area contributed by atoms with Crippen LogP contribution in [-0.4, -0.2) is 40.5 Å². The predicted octanol–water partition coefficient (Wildman–Crippen LogP) is 2.77. The number of benzene rings is 1. The number of ether oxygens (including phenoxy) is 2. The Balaban J connectivity index is 1.65. The second-order valence-electron chi connectivity index (χ2n) is 5.99. The van der Waals surface area contributed by atoms with Gasteiger partial charge in [0, 0.05) is 37.2 Å². The van der Waals surface area contributed by atoms with E-state index in [1.54, 1.807) is 13.3 Å². The molecule has 2 aromatic heterocycles. The number of rotatable bonds is 2. The van der Waals surface area contributed by atoms with Gasteiger partial charge in [-0.15, -0.1) is 0 Å². The normalized spacial score (nSPS) is 14.4. The number of fused-ring (bicyclic) bond motifs is 2. The van der Waals surface area contributed by atoms with Crippen molar-refractivity contribution in [1.29, 1.82) is 0 Å². The highest BCUT2D eigenvalue weighted by Gasteiger charge is 2.22. The monoisotopic (exact) mass is 337 g/mol. The average molecular weight is 337 g/mol. The van der Waals surface area contributed by atoms with Crippen molar-refractivity contribution in [2.75, 3.05) is 20.3 Å². The maximum Gasteiger partial charge on any atom is 0.255 e. The number of para-hydroxylation sites is 1. The van der Waals surface area contributed by atoms with Gasteiger partial charge in [-0.1, -0.05) is 12.1 Å². The maximum absolute atomic E-state index is 13.0. The molecule has 1 aliphatic rings. The third-order valence-electron chi connectivity index (χ3n) is 4.38. The maximum atomic E-state index is 13.0. The molecule has 0 spiro atoms. The number of carbonyl (C=O) groups is 1. The Labute approximate surface area is 145 Å². The van der Waals surface area contributed by atoms with Gasteiger partial charge >= 0.3 is 0 Å². The van der Waals surface area contributed by atoms with E-state index in [-0.39, 0.29) is 5.91 Å². The first kappa shape index (κ1) is 15.5. The van der Waals surface area contributed by atoms with Gasteiger partial charge in [-0.25, -0.2) is 4.98 Å². The van der Waals surface area contributed by atoms with Crippen LogP contribution in [0, 0.1) is 0 Å². The van der Waals surface area contributed by atoms with Crippen LogP contribution in [0.5, 0.6) is 11.5 Å². The fourth-order valence-corrected chi connectivity index (χ4v) is 3.13. The van der Waals surface area contributed by atoms with Crippen LogP contribution in [0.15, 0.2) is 48.9 Å². The number of amides is 1. The topological polar surface area (TPSA) is 56.1 Å². The van der Waals surface area contributed by atoms with E-state index >= 15 is 0 Å². The summed E-state index contributed by atoms with van der Waals surface area (Å²) in [5.74, 6) is 1.44. The molecule has 0 bridgehead atoms. The lowest BCUT2D eigenvalue weighted by molar-refractivity contribution is 0.0720. The van der Waals surface area contributed by atoms with Crippen LogP contribution >= 0.6 is 0 Å². The molecular formula is C19H19N3O3. The molecule has 0 N–H and O–H groups in total. The Morgan fingerprint density at radius 3 is 3.08 bits per heavy atom. The highest BCUT2D eigenvalue weighted by atomic mass is 16.5. The Hall–Kier alpha value is -3.02. The van der Waals surface area contributed by atoms with Crippen molar-refractivity contribution in [3.63, 3.8) is 0 Å². The molecule has 6 heteroatoms. The van der Waals surface area contributed by atoms with E-state index in [1.165, 1.54) is 0 Å². The quantitative estimate of drug-likeness (QED) is 0.721. The number of aromatic nitrogens is 2. The number of pyridine rings is 1. The van der Waals surface area contributed by atoms with E-state index in [4.69, 9.17) is 9.47 Å². The van der Waals surface area contributed by atoms with Gasteiger partial charge in [0.1, 0.15) is 5.65 Å². The molecule has 0 unspecified atom stereocenters. The molecule has 1 aromatic carbocycles. The first-order valence-corrected chi connectivity index (χ1v) is 8.27. The van der Waals surface area contributed by atoms with Gasteiger partial charge in [-0.2, -0.15) is 0 Å².